The van der Waals surface area contributed by atoms with Gasteiger partial charge in [-0.1, -0.05) is 20.8 Å². The van der Waals surface area contributed by atoms with Crippen molar-refractivity contribution in [2.24, 2.45) is 5.92 Å². The number of halogens is 1. The topological polar surface area (TPSA) is 58.2 Å². The highest BCUT2D eigenvalue weighted by molar-refractivity contribution is 9.11. The van der Waals surface area contributed by atoms with Crippen LogP contribution in [-0.4, -0.2) is 21.5 Å². The molecule has 0 aliphatic carbocycles. The Bertz CT molecular complexity index is 498. The molecular weight excluding hydrogens is 348 g/mol. The van der Waals surface area contributed by atoms with Crippen LogP contribution in [0.4, 0.5) is 0 Å². The lowest BCUT2D eigenvalue weighted by atomic mass is 10.2. The molecule has 4 nitrogen and oxygen atoms in total. The maximum atomic E-state index is 12.1. The predicted molar refractivity (Wildman–Crippen MR) is 84.0 cm³/mol. The molecule has 1 aromatic heterocycles. The molecule has 2 N–H and O–H groups in total. The normalized spacial score (nSPS) is 12.3. The molecule has 0 aliphatic rings. The van der Waals surface area contributed by atoms with Gasteiger partial charge < -0.3 is 5.32 Å². The van der Waals surface area contributed by atoms with Crippen LogP contribution in [0.15, 0.2) is 14.7 Å². The van der Waals surface area contributed by atoms with Crippen molar-refractivity contribution >= 4 is 37.3 Å². The first-order valence-corrected chi connectivity index (χ1v) is 9.44. The van der Waals surface area contributed by atoms with Gasteiger partial charge in [-0.15, -0.1) is 11.3 Å². The molecule has 0 atom stereocenters. The molecule has 0 fully saturated rings. The van der Waals surface area contributed by atoms with Crippen LogP contribution in [0.3, 0.4) is 0 Å². The highest BCUT2D eigenvalue weighted by Crippen LogP contribution is 2.31. The molecule has 0 spiro atoms. The van der Waals surface area contributed by atoms with Crippen molar-refractivity contribution < 1.29 is 8.42 Å². The van der Waals surface area contributed by atoms with Gasteiger partial charge in [-0.05, 0) is 40.9 Å². The third kappa shape index (κ3) is 5.51. The predicted octanol–water partition coefficient (Wildman–Crippen LogP) is 2.94. The average molecular weight is 369 g/mol. The molecule has 7 heteroatoms. The Labute approximate surface area is 128 Å². The van der Waals surface area contributed by atoms with Gasteiger partial charge in [0, 0.05) is 18.0 Å². The summed E-state index contributed by atoms with van der Waals surface area (Å²) in [6.45, 7) is 8.15. The Balaban J connectivity index is 2.77. The minimum absolute atomic E-state index is 0.290. The second kappa shape index (κ2) is 7.73. The quantitative estimate of drug-likeness (QED) is 0.693. The van der Waals surface area contributed by atoms with E-state index in [4.69, 9.17) is 0 Å². The first kappa shape index (κ1) is 17.1. The Morgan fingerprint density at radius 1 is 1.42 bits per heavy atom. The maximum Gasteiger partial charge on any atom is 0.242 e. The van der Waals surface area contributed by atoms with E-state index in [-0.39, 0.29) is 5.92 Å². The van der Waals surface area contributed by atoms with Crippen LogP contribution in [0.2, 0.25) is 0 Å². The Kier molecular flexibility index (Phi) is 6.96. The Morgan fingerprint density at radius 3 is 2.68 bits per heavy atom. The van der Waals surface area contributed by atoms with Gasteiger partial charge >= 0.3 is 0 Å². The van der Waals surface area contributed by atoms with Crippen molar-refractivity contribution in [3.63, 3.8) is 0 Å². The summed E-state index contributed by atoms with van der Waals surface area (Å²) in [5, 5.41) is 3.27. The van der Waals surface area contributed by atoms with Crippen LogP contribution in [0.1, 0.15) is 32.1 Å². The van der Waals surface area contributed by atoms with Gasteiger partial charge in [-0.25, -0.2) is 13.1 Å². The second-order valence-electron chi connectivity index (χ2n) is 4.77. The zero-order valence-electron chi connectivity index (χ0n) is 11.5. The standard InChI is InChI=1S/C12H21BrN2O2S2/c1-4-5-14-8-10-6-11(12(13)18-10)19(16,17)15-7-9(2)3/h6,9,14-15H,4-5,7-8H2,1-3H3. The lowest BCUT2D eigenvalue weighted by Crippen LogP contribution is -2.27. The first-order valence-electron chi connectivity index (χ1n) is 6.35. The SMILES string of the molecule is CCCNCc1cc(S(=O)(=O)NCC(C)C)c(Br)s1. The monoisotopic (exact) mass is 368 g/mol. The zero-order valence-corrected chi connectivity index (χ0v) is 14.7. The van der Waals surface area contributed by atoms with E-state index in [9.17, 15) is 8.42 Å². The molecule has 1 heterocycles. The molecule has 0 saturated heterocycles. The van der Waals surface area contributed by atoms with Crippen LogP contribution in [0.5, 0.6) is 0 Å². The van der Waals surface area contributed by atoms with E-state index in [0.29, 0.717) is 21.8 Å². The van der Waals surface area contributed by atoms with Gasteiger partial charge in [0.15, 0.2) is 0 Å². The van der Waals surface area contributed by atoms with Crippen molar-refractivity contribution in [1.82, 2.24) is 10.0 Å². The third-order valence-electron chi connectivity index (χ3n) is 2.40. The molecule has 0 radical (unpaired) electrons. The van der Waals surface area contributed by atoms with Crippen molar-refractivity contribution in [3.05, 3.63) is 14.7 Å². The Hall–Kier alpha value is 0.0500. The number of thiophene rings is 1. The number of rotatable bonds is 8. The molecule has 0 unspecified atom stereocenters. The van der Waals surface area contributed by atoms with Crippen molar-refractivity contribution in [3.8, 4) is 0 Å². The number of hydrogen-bond acceptors (Lipinski definition) is 4. The summed E-state index contributed by atoms with van der Waals surface area (Å²) in [5.74, 6) is 0.290. The fourth-order valence-corrected chi connectivity index (χ4v) is 5.27. The molecule has 0 saturated carbocycles. The molecule has 110 valence electrons. The summed E-state index contributed by atoms with van der Waals surface area (Å²) in [6, 6.07) is 1.74. The van der Waals surface area contributed by atoms with E-state index in [0.717, 1.165) is 17.8 Å². The van der Waals surface area contributed by atoms with Crippen LogP contribution in [0, 0.1) is 5.92 Å². The lowest BCUT2D eigenvalue weighted by molar-refractivity contribution is 0.560. The molecular formula is C12H21BrN2O2S2. The highest BCUT2D eigenvalue weighted by Gasteiger charge is 2.20. The summed E-state index contributed by atoms with van der Waals surface area (Å²) in [4.78, 5) is 1.36. The summed E-state index contributed by atoms with van der Waals surface area (Å²) in [5.41, 5.74) is 0. The summed E-state index contributed by atoms with van der Waals surface area (Å²) >= 11 is 4.80. The van der Waals surface area contributed by atoms with Gasteiger partial charge in [0.25, 0.3) is 0 Å². The fourth-order valence-electron chi connectivity index (χ4n) is 1.41. The van der Waals surface area contributed by atoms with E-state index in [2.05, 4.69) is 32.9 Å². The smallest absolute Gasteiger partial charge is 0.242 e. The van der Waals surface area contributed by atoms with Crippen LogP contribution in [0.25, 0.3) is 0 Å². The van der Waals surface area contributed by atoms with E-state index in [1.165, 1.54) is 11.3 Å². The zero-order chi connectivity index (χ0) is 14.5. The number of nitrogens with one attached hydrogen (secondary N) is 2. The van der Waals surface area contributed by atoms with Crippen molar-refractivity contribution in [2.75, 3.05) is 13.1 Å². The van der Waals surface area contributed by atoms with Gasteiger partial charge in [-0.2, -0.15) is 0 Å². The minimum atomic E-state index is -3.41. The van der Waals surface area contributed by atoms with Gasteiger partial charge in [0.1, 0.15) is 4.90 Å². The van der Waals surface area contributed by atoms with Crippen molar-refractivity contribution in [1.29, 1.82) is 0 Å². The summed E-state index contributed by atoms with van der Waals surface area (Å²) in [7, 11) is -3.41. The third-order valence-corrected chi connectivity index (χ3v) is 6.08. The Morgan fingerprint density at radius 2 is 2.11 bits per heavy atom. The molecule has 0 amide bonds. The highest BCUT2D eigenvalue weighted by atomic mass is 79.9. The fraction of sp³-hybridized carbons (Fsp3) is 0.667. The van der Waals surface area contributed by atoms with E-state index in [1.54, 1.807) is 6.07 Å². The molecule has 0 bridgehead atoms. The molecule has 0 aromatic carbocycles. The maximum absolute atomic E-state index is 12.1. The summed E-state index contributed by atoms with van der Waals surface area (Å²) in [6.07, 6.45) is 1.06. The second-order valence-corrected chi connectivity index (χ2v) is 8.96. The molecule has 1 rings (SSSR count). The van der Waals surface area contributed by atoms with Crippen molar-refractivity contribution in [2.45, 2.75) is 38.6 Å². The average Bonchev–Trinajstić information content (AvgIpc) is 2.69. The lowest BCUT2D eigenvalue weighted by Gasteiger charge is -2.07. The van der Waals surface area contributed by atoms with Gasteiger partial charge in [0.2, 0.25) is 10.0 Å². The van der Waals surface area contributed by atoms with E-state index >= 15 is 0 Å². The van der Waals surface area contributed by atoms with Crippen LogP contribution in [-0.2, 0) is 16.6 Å². The number of sulfonamides is 1. The van der Waals surface area contributed by atoms with E-state index in [1.807, 2.05) is 13.8 Å². The van der Waals surface area contributed by atoms with E-state index < -0.39 is 10.0 Å². The minimum Gasteiger partial charge on any atom is -0.312 e. The van der Waals surface area contributed by atoms with Gasteiger partial charge in [0.05, 0.1) is 3.79 Å². The van der Waals surface area contributed by atoms with Gasteiger partial charge in [-0.3, -0.25) is 0 Å². The first-order chi connectivity index (χ1) is 8.86. The van der Waals surface area contributed by atoms with Crippen LogP contribution < -0.4 is 10.0 Å². The molecule has 1 aromatic rings. The molecule has 19 heavy (non-hydrogen) atoms. The largest absolute Gasteiger partial charge is 0.312 e. The molecule has 0 aliphatic heterocycles. The number of hydrogen-bond donors (Lipinski definition) is 2. The summed E-state index contributed by atoms with van der Waals surface area (Å²) < 4.78 is 27.6. The van der Waals surface area contributed by atoms with Crippen LogP contribution >= 0.6 is 27.3 Å².